The molecule has 0 bridgehead atoms. The van der Waals surface area contributed by atoms with Crippen LogP contribution in [0, 0.1) is 5.41 Å². The molecular weight excluding hydrogens is 206 g/mol. The summed E-state index contributed by atoms with van der Waals surface area (Å²) in [6.45, 7) is 5.66. The van der Waals surface area contributed by atoms with Crippen LogP contribution in [0.4, 0.5) is 0 Å². The summed E-state index contributed by atoms with van der Waals surface area (Å²) in [6.07, 6.45) is 1.77. The molecular formula is C12H15NOS. The van der Waals surface area contributed by atoms with Crippen molar-refractivity contribution in [3.8, 4) is 5.75 Å². The standard InChI is InChI=1S/C12H15NOS/c1-9(15-10(2)13)3-4-11-5-7-12(14)8-6-11/h5-8,13-14H,1,3-4H2,2H3. The summed E-state index contributed by atoms with van der Waals surface area (Å²) in [7, 11) is 0. The van der Waals surface area contributed by atoms with Gasteiger partial charge in [0.2, 0.25) is 0 Å². The van der Waals surface area contributed by atoms with Gasteiger partial charge < -0.3 is 5.11 Å². The third-order valence-electron chi connectivity index (χ3n) is 1.93. The number of aryl methyl sites for hydroxylation is 1. The van der Waals surface area contributed by atoms with Gasteiger partial charge in [0.05, 0.1) is 5.04 Å². The second-order valence-electron chi connectivity index (χ2n) is 3.36. The van der Waals surface area contributed by atoms with E-state index in [0.29, 0.717) is 10.8 Å². The molecule has 1 aromatic rings. The van der Waals surface area contributed by atoms with E-state index in [1.54, 1.807) is 19.1 Å². The van der Waals surface area contributed by atoms with Gasteiger partial charge in [0.15, 0.2) is 0 Å². The predicted octanol–water partition coefficient (Wildman–Crippen LogP) is 3.57. The Hall–Kier alpha value is -1.22. The van der Waals surface area contributed by atoms with Gasteiger partial charge in [-0.05, 0) is 42.4 Å². The fraction of sp³-hybridized carbons (Fsp3) is 0.250. The zero-order chi connectivity index (χ0) is 11.3. The smallest absolute Gasteiger partial charge is 0.115 e. The van der Waals surface area contributed by atoms with Gasteiger partial charge in [-0.3, -0.25) is 5.41 Å². The summed E-state index contributed by atoms with van der Waals surface area (Å²) in [5, 5.41) is 17.0. The van der Waals surface area contributed by atoms with Crippen LogP contribution >= 0.6 is 11.8 Å². The highest BCUT2D eigenvalue weighted by Gasteiger charge is 1.99. The molecule has 0 saturated heterocycles. The average Bonchev–Trinajstić information content (AvgIpc) is 2.16. The monoisotopic (exact) mass is 221 g/mol. The molecule has 0 amide bonds. The first kappa shape index (κ1) is 11.9. The summed E-state index contributed by atoms with van der Waals surface area (Å²) >= 11 is 1.42. The first-order chi connectivity index (χ1) is 7.08. The topological polar surface area (TPSA) is 44.1 Å². The van der Waals surface area contributed by atoms with Gasteiger partial charge in [-0.2, -0.15) is 0 Å². The summed E-state index contributed by atoms with van der Waals surface area (Å²) in [5.74, 6) is 0.294. The minimum Gasteiger partial charge on any atom is -0.508 e. The summed E-state index contributed by atoms with van der Waals surface area (Å²) in [6, 6.07) is 7.19. The molecule has 0 heterocycles. The molecule has 15 heavy (non-hydrogen) atoms. The maximum atomic E-state index is 9.10. The van der Waals surface area contributed by atoms with Gasteiger partial charge >= 0.3 is 0 Å². The number of rotatable bonds is 4. The highest BCUT2D eigenvalue weighted by atomic mass is 32.2. The number of nitrogens with one attached hydrogen (secondary N) is 1. The highest BCUT2D eigenvalue weighted by molar-refractivity contribution is 8.17. The molecule has 1 aromatic carbocycles. The molecule has 2 N–H and O–H groups in total. The van der Waals surface area contributed by atoms with E-state index in [-0.39, 0.29) is 0 Å². The molecule has 0 fully saturated rings. The molecule has 0 aromatic heterocycles. The number of phenols is 1. The van der Waals surface area contributed by atoms with Crippen molar-refractivity contribution in [1.82, 2.24) is 0 Å². The van der Waals surface area contributed by atoms with Gasteiger partial charge in [-0.1, -0.05) is 30.5 Å². The Bertz CT molecular complexity index is 356. The number of aromatic hydroxyl groups is 1. The van der Waals surface area contributed by atoms with Crippen molar-refractivity contribution in [1.29, 1.82) is 5.41 Å². The van der Waals surface area contributed by atoms with E-state index in [1.165, 1.54) is 17.3 Å². The van der Waals surface area contributed by atoms with E-state index in [4.69, 9.17) is 10.5 Å². The van der Waals surface area contributed by atoms with Gasteiger partial charge in [-0.25, -0.2) is 0 Å². The van der Waals surface area contributed by atoms with E-state index in [9.17, 15) is 0 Å². The Morgan fingerprint density at radius 3 is 2.53 bits per heavy atom. The predicted molar refractivity (Wildman–Crippen MR) is 66.6 cm³/mol. The highest BCUT2D eigenvalue weighted by Crippen LogP contribution is 2.20. The van der Waals surface area contributed by atoms with Gasteiger partial charge in [0.25, 0.3) is 0 Å². The Labute approximate surface area is 94.5 Å². The van der Waals surface area contributed by atoms with Crippen molar-refractivity contribution in [2.75, 3.05) is 0 Å². The van der Waals surface area contributed by atoms with Crippen molar-refractivity contribution >= 4 is 16.8 Å². The molecule has 80 valence electrons. The van der Waals surface area contributed by atoms with Crippen LogP contribution in [0.15, 0.2) is 35.7 Å². The fourth-order valence-corrected chi connectivity index (χ4v) is 1.85. The second-order valence-corrected chi connectivity index (χ2v) is 4.76. The molecule has 0 saturated carbocycles. The lowest BCUT2D eigenvalue weighted by Crippen LogP contribution is -1.88. The number of thioether (sulfide) groups is 1. The average molecular weight is 221 g/mol. The normalized spacial score (nSPS) is 9.93. The molecule has 0 radical (unpaired) electrons. The zero-order valence-electron chi connectivity index (χ0n) is 8.79. The molecule has 0 spiro atoms. The first-order valence-corrected chi connectivity index (χ1v) is 5.58. The van der Waals surface area contributed by atoms with Crippen LogP contribution in [0.5, 0.6) is 5.75 Å². The number of hydrogen-bond donors (Lipinski definition) is 2. The molecule has 1 rings (SSSR count). The quantitative estimate of drug-likeness (QED) is 0.603. The zero-order valence-corrected chi connectivity index (χ0v) is 9.60. The van der Waals surface area contributed by atoms with Crippen LogP contribution in [0.2, 0.25) is 0 Å². The molecule has 0 atom stereocenters. The lowest BCUT2D eigenvalue weighted by atomic mass is 10.1. The minimum absolute atomic E-state index is 0.294. The number of benzene rings is 1. The van der Waals surface area contributed by atoms with Gasteiger partial charge in [-0.15, -0.1) is 0 Å². The molecule has 3 heteroatoms. The molecule has 0 aliphatic rings. The van der Waals surface area contributed by atoms with Gasteiger partial charge in [0.1, 0.15) is 5.75 Å². The SMILES string of the molecule is C=C(CCc1ccc(O)cc1)SC(C)=N. The van der Waals surface area contributed by atoms with Crippen LogP contribution in [0.1, 0.15) is 18.9 Å². The van der Waals surface area contributed by atoms with E-state index < -0.39 is 0 Å². The third-order valence-corrected chi connectivity index (χ3v) is 2.73. The van der Waals surface area contributed by atoms with Crippen molar-refractivity contribution in [2.24, 2.45) is 0 Å². The summed E-state index contributed by atoms with van der Waals surface area (Å²) in [4.78, 5) is 1.01. The Kier molecular flexibility index (Phi) is 4.43. The molecule has 0 unspecified atom stereocenters. The van der Waals surface area contributed by atoms with Crippen LogP contribution in [0.3, 0.4) is 0 Å². The Morgan fingerprint density at radius 1 is 1.40 bits per heavy atom. The minimum atomic E-state index is 0.294. The fourth-order valence-electron chi connectivity index (χ4n) is 1.21. The van der Waals surface area contributed by atoms with Crippen molar-refractivity contribution in [3.05, 3.63) is 41.3 Å². The van der Waals surface area contributed by atoms with E-state index in [1.807, 2.05) is 12.1 Å². The summed E-state index contributed by atoms with van der Waals surface area (Å²) in [5.41, 5.74) is 1.18. The number of hydrogen-bond acceptors (Lipinski definition) is 3. The molecule has 0 aliphatic heterocycles. The van der Waals surface area contributed by atoms with Crippen LogP contribution in [-0.2, 0) is 6.42 Å². The van der Waals surface area contributed by atoms with Crippen LogP contribution in [-0.4, -0.2) is 10.2 Å². The van der Waals surface area contributed by atoms with Crippen molar-refractivity contribution in [3.63, 3.8) is 0 Å². The molecule has 0 aliphatic carbocycles. The lowest BCUT2D eigenvalue weighted by molar-refractivity contribution is 0.475. The number of allylic oxidation sites excluding steroid dienone is 1. The van der Waals surface area contributed by atoms with Crippen molar-refractivity contribution < 1.29 is 5.11 Å². The van der Waals surface area contributed by atoms with Crippen LogP contribution in [0.25, 0.3) is 0 Å². The maximum Gasteiger partial charge on any atom is 0.115 e. The van der Waals surface area contributed by atoms with Crippen molar-refractivity contribution in [2.45, 2.75) is 19.8 Å². The van der Waals surface area contributed by atoms with E-state index >= 15 is 0 Å². The summed E-state index contributed by atoms with van der Waals surface area (Å²) < 4.78 is 0. The Balaban J connectivity index is 2.40. The first-order valence-electron chi connectivity index (χ1n) is 4.76. The van der Waals surface area contributed by atoms with Crippen LogP contribution < -0.4 is 0 Å². The largest absolute Gasteiger partial charge is 0.508 e. The third kappa shape index (κ3) is 4.70. The van der Waals surface area contributed by atoms with E-state index in [0.717, 1.165) is 17.7 Å². The second kappa shape index (κ2) is 5.61. The number of phenolic OH excluding ortho intramolecular Hbond substituents is 1. The molecule has 2 nitrogen and oxygen atoms in total. The van der Waals surface area contributed by atoms with Gasteiger partial charge in [0, 0.05) is 0 Å². The maximum absolute atomic E-state index is 9.10. The Morgan fingerprint density at radius 2 is 2.00 bits per heavy atom. The lowest BCUT2D eigenvalue weighted by Gasteiger charge is -2.04. The van der Waals surface area contributed by atoms with E-state index in [2.05, 4.69) is 6.58 Å².